The Kier molecular flexibility index (Phi) is 10.0. The summed E-state index contributed by atoms with van der Waals surface area (Å²) in [6.45, 7) is 9.14. The molecular weight excluding hydrogens is 494 g/mol. The smallest absolute Gasteiger partial charge is 0.408 e. The molecule has 2 atom stereocenters. The standard InChI is InChI=1S/C31H43N3O5/c1-20-12-13-21(2)25(18-20)27(28(36)32-23-10-8-7-9-11-23)34(6)29(37)26(33-30(38)39-31(3,4)5)19-22-14-16-24(35)17-15-22/h12-18,23,26-27,35H,7-11,19H2,1-6H3,(H,32,36)(H,33,38). The van der Waals surface area contributed by atoms with Crippen LogP contribution in [-0.4, -0.2) is 52.6 Å². The summed E-state index contributed by atoms with van der Waals surface area (Å²) in [5.74, 6) is -0.543. The molecule has 39 heavy (non-hydrogen) atoms. The molecular formula is C31H43N3O5. The fraction of sp³-hybridized carbons (Fsp3) is 0.516. The van der Waals surface area contributed by atoms with Crippen LogP contribution >= 0.6 is 0 Å². The van der Waals surface area contributed by atoms with E-state index in [0.29, 0.717) is 0 Å². The third-order valence-electron chi connectivity index (χ3n) is 7.03. The van der Waals surface area contributed by atoms with Gasteiger partial charge in [0.25, 0.3) is 0 Å². The summed E-state index contributed by atoms with van der Waals surface area (Å²) in [6, 6.07) is 10.6. The number of amides is 3. The summed E-state index contributed by atoms with van der Waals surface area (Å²) >= 11 is 0. The number of hydrogen-bond acceptors (Lipinski definition) is 5. The fourth-order valence-corrected chi connectivity index (χ4v) is 5.00. The summed E-state index contributed by atoms with van der Waals surface area (Å²) in [5, 5.41) is 15.6. The van der Waals surface area contributed by atoms with Gasteiger partial charge in [-0.15, -0.1) is 0 Å². The van der Waals surface area contributed by atoms with E-state index in [1.807, 2.05) is 32.0 Å². The molecule has 1 aliphatic rings. The molecule has 2 aromatic carbocycles. The normalized spacial score (nSPS) is 15.6. The molecule has 3 amide bonds. The van der Waals surface area contributed by atoms with Crippen molar-refractivity contribution in [2.75, 3.05) is 7.05 Å². The van der Waals surface area contributed by atoms with Gasteiger partial charge in [0.05, 0.1) is 0 Å². The quantitative estimate of drug-likeness (QED) is 0.435. The van der Waals surface area contributed by atoms with E-state index in [2.05, 4.69) is 10.6 Å². The number of nitrogens with one attached hydrogen (secondary N) is 2. The van der Waals surface area contributed by atoms with E-state index in [4.69, 9.17) is 4.74 Å². The van der Waals surface area contributed by atoms with Crippen LogP contribution in [0.5, 0.6) is 5.75 Å². The Hall–Kier alpha value is -3.55. The topological polar surface area (TPSA) is 108 Å². The summed E-state index contributed by atoms with van der Waals surface area (Å²) in [5.41, 5.74) is 2.63. The molecule has 2 aromatic rings. The van der Waals surface area contributed by atoms with Gasteiger partial charge in [0.1, 0.15) is 23.4 Å². The number of carbonyl (C=O) groups is 3. The van der Waals surface area contributed by atoms with Crippen molar-refractivity contribution in [2.45, 2.75) is 96.9 Å². The highest BCUT2D eigenvalue weighted by Crippen LogP contribution is 2.27. The summed E-state index contributed by atoms with van der Waals surface area (Å²) < 4.78 is 5.44. The Labute approximate surface area is 232 Å². The Morgan fingerprint density at radius 1 is 1.03 bits per heavy atom. The predicted molar refractivity (Wildman–Crippen MR) is 151 cm³/mol. The van der Waals surface area contributed by atoms with Crippen LogP contribution in [0.15, 0.2) is 42.5 Å². The number of rotatable bonds is 8. The molecule has 0 spiro atoms. The first kappa shape index (κ1) is 30.0. The van der Waals surface area contributed by atoms with Crippen LogP contribution in [0.1, 0.15) is 81.2 Å². The number of phenols is 1. The van der Waals surface area contributed by atoms with Gasteiger partial charge in [-0.1, -0.05) is 55.2 Å². The van der Waals surface area contributed by atoms with Crippen molar-refractivity contribution < 1.29 is 24.2 Å². The van der Waals surface area contributed by atoms with E-state index in [9.17, 15) is 19.5 Å². The zero-order valence-electron chi connectivity index (χ0n) is 24.0. The van der Waals surface area contributed by atoms with Gasteiger partial charge in [0.15, 0.2) is 0 Å². The first-order valence-corrected chi connectivity index (χ1v) is 13.8. The number of ether oxygens (including phenoxy) is 1. The van der Waals surface area contributed by atoms with Crippen LogP contribution in [0.3, 0.4) is 0 Å². The van der Waals surface area contributed by atoms with E-state index >= 15 is 0 Å². The Balaban J connectivity index is 1.94. The molecule has 3 rings (SSSR count). The average Bonchev–Trinajstić information content (AvgIpc) is 2.86. The second-order valence-corrected chi connectivity index (χ2v) is 11.6. The molecule has 2 unspecified atom stereocenters. The van der Waals surface area contributed by atoms with E-state index in [1.165, 1.54) is 23.5 Å². The van der Waals surface area contributed by atoms with Crippen molar-refractivity contribution in [3.8, 4) is 5.75 Å². The van der Waals surface area contributed by atoms with Crippen LogP contribution in [0.4, 0.5) is 4.79 Å². The van der Waals surface area contributed by atoms with Gasteiger partial charge in [-0.2, -0.15) is 0 Å². The fourth-order valence-electron chi connectivity index (χ4n) is 5.00. The highest BCUT2D eigenvalue weighted by Gasteiger charge is 2.36. The molecule has 1 aliphatic carbocycles. The number of phenolic OH excluding ortho intramolecular Hbond substituents is 1. The Bertz CT molecular complexity index is 1150. The number of alkyl carbamates (subject to hydrolysis) is 1. The molecule has 212 valence electrons. The van der Waals surface area contributed by atoms with E-state index in [1.54, 1.807) is 40.0 Å². The van der Waals surface area contributed by atoms with Crippen molar-refractivity contribution in [1.29, 1.82) is 0 Å². The molecule has 0 aliphatic heterocycles. The number of nitrogens with zero attached hydrogens (tertiary/aromatic N) is 1. The maximum Gasteiger partial charge on any atom is 0.408 e. The molecule has 1 fully saturated rings. The van der Waals surface area contributed by atoms with Gasteiger partial charge >= 0.3 is 6.09 Å². The molecule has 1 saturated carbocycles. The average molecular weight is 538 g/mol. The molecule has 0 aromatic heterocycles. The zero-order valence-corrected chi connectivity index (χ0v) is 24.0. The van der Waals surface area contributed by atoms with Gasteiger partial charge in [0.2, 0.25) is 11.8 Å². The van der Waals surface area contributed by atoms with Crippen molar-refractivity contribution >= 4 is 17.9 Å². The van der Waals surface area contributed by atoms with Crippen LogP contribution in [0.2, 0.25) is 0 Å². The van der Waals surface area contributed by atoms with Gasteiger partial charge in [-0.25, -0.2) is 4.79 Å². The molecule has 0 saturated heterocycles. The monoisotopic (exact) mass is 537 g/mol. The highest BCUT2D eigenvalue weighted by molar-refractivity contribution is 5.92. The first-order valence-electron chi connectivity index (χ1n) is 13.8. The van der Waals surface area contributed by atoms with Crippen LogP contribution in [0.25, 0.3) is 0 Å². The van der Waals surface area contributed by atoms with Crippen LogP contribution < -0.4 is 10.6 Å². The molecule has 8 nitrogen and oxygen atoms in total. The SMILES string of the molecule is Cc1ccc(C)c(C(C(=O)NC2CCCCC2)N(C)C(=O)C(Cc2ccc(O)cc2)NC(=O)OC(C)(C)C)c1. The Morgan fingerprint density at radius 2 is 1.67 bits per heavy atom. The number of aromatic hydroxyl groups is 1. The summed E-state index contributed by atoms with van der Waals surface area (Å²) in [7, 11) is 1.61. The number of likely N-dealkylation sites (N-methyl/N-ethyl adjacent to an activating group) is 1. The lowest BCUT2D eigenvalue weighted by molar-refractivity contribution is -0.141. The van der Waals surface area contributed by atoms with E-state index in [0.717, 1.165) is 47.9 Å². The second-order valence-electron chi connectivity index (χ2n) is 11.6. The molecule has 0 radical (unpaired) electrons. The molecule has 0 heterocycles. The minimum Gasteiger partial charge on any atom is -0.508 e. The van der Waals surface area contributed by atoms with Crippen LogP contribution in [-0.2, 0) is 20.7 Å². The third kappa shape index (κ3) is 8.73. The third-order valence-corrected chi connectivity index (χ3v) is 7.03. The van der Waals surface area contributed by atoms with E-state index < -0.39 is 29.7 Å². The predicted octanol–water partition coefficient (Wildman–Crippen LogP) is 5.09. The maximum absolute atomic E-state index is 14.0. The highest BCUT2D eigenvalue weighted by atomic mass is 16.6. The number of aryl methyl sites for hydroxylation is 2. The van der Waals surface area contributed by atoms with Crippen molar-refractivity contribution in [3.05, 3.63) is 64.7 Å². The minimum absolute atomic E-state index is 0.0787. The number of carbonyl (C=O) groups excluding carboxylic acids is 3. The second kappa shape index (κ2) is 13.0. The minimum atomic E-state index is -0.996. The summed E-state index contributed by atoms with van der Waals surface area (Å²) in [6.07, 6.45) is 4.60. The zero-order chi connectivity index (χ0) is 28.7. The van der Waals surface area contributed by atoms with Crippen molar-refractivity contribution in [3.63, 3.8) is 0 Å². The van der Waals surface area contributed by atoms with Crippen molar-refractivity contribution in [1.82, 2.24) is 15.5 Å². The number of hydrogen-bond donors (Lipinski definition) is 3. The largest absolute Gasteiger partial charge is 0.508 e. The van der Waals surface area contributed by atoms with E-state index in [-0.39, 0.29) is 24.1 Å². The first-order chi connectivity index (χ1) is 18.3. The maximum atomic E-state index is 14.0. The van der Waals surface area contributed by atoms with Gasteiger partial charge in [-0.05, 0) is 76.3 Å². The molecule has 0 bridgehead atoms. The summed E-state index contributed by atoms with van der Waals surface area (Å²) in [4.78, 5) is 42.0. The molecule has 3 N–H and O–H groups in total. The number of benzene rings is 2. The lowest BCUT2D eigenvalue weighted by atomic mass is 9.93. The van der Waals surface area contributed by atoms with Crippen molar-refractivity contribution in [2.24, 2.45) is 0 Å². The lowest BCUT2D eigenvalue weighted by Gasteiger charge is -2.34. The van der Waals surface area contributed by atoms with Gasteiger partial charge < -0.3 is 25.4 Å². The van der Waals surface area contributed by atoms with Gasteiger partial charge in [0, 0.05) is 19.5 Å². The van der Waals surface area contributed by atoms with Gasteiger partial charge in [-0.3, -0.25) is 9.59 Å². The lowest BCUT2D eigenvalue weighted by Crippen LogP contribution is -2.53. The van der Waals surface area contributed by atoms with Crippen LogP contribution in [0, 0.1) is 13.8 Å². The Morgan fingerprint density at radius 3 is 2.28 bits per heavy atom. The molecule has 8 heteroatoms.